The SMILES string of the molecule is COCCOC(=O)/C(C(C)=O)=C1/C=C(NCCC(C)(C)CC(C)CNC2=C/C(=C(\C(C)=O)C(=O)OCCOC)CC(C)C2)CC(C)C1. The lowest BCUT2D eigenvalue weighted by atomic mass is 9.80. The molecule has 0 saturated carbocycles. The molecule has 0 heterocycles. The molecule has 0 bridgehead atoms. The molecule has 0 aromatic heterocycles. The van der Waals surface area contributed by atoms with Crippen LogP contribution in [0.4, 0.5) is 0 Å². The zero-order valence-electron chi connectivity index (χ0n) is 30.1. The fourth-order valence-corrected chi connectivity index (χ4v) is 6.46. The van der Waals surface area contributed by atoms with Crippen LogP contribution in [-0.4, -0.2) is 77.2 Å². The second kappa shape index (κ2) is 19.5. The molecular weight excluding hydrogens is 600 g/mol. The summed E-state index contributed by atoms with van der Waals surface area (Å²) in [6.07, 6.45) is 8.86. The molecule has 0 radical (unpaired) electrons. The molecule has 0 aromatic carbocycles. The number of nitrogens with one attached hydrogen (secondary N) is 2. The Morgan fingerprint density at radius 1 is 0.766 bits per heavy atom. The third-order valence-electron chi connectivity index (χ3n) is 8.50. The minimum Gasteiger partial charge on any atom is -0.460 e. The van der Waals surface area contributed by atoms with Gasteiger partial charge in [-0.15, -0.1) is 0 Å². The molecule has 0 amide bonds. The molecule has 0 aliphatic heterocycles. The predicted molar refractivity (Wildman–Crippen MR) is 182 cm³/mol. The van der Waals surface area contributed by atoms with Crippen LogP contribution in [0.2, 0.25) is 0 Å². The van der Waals surface area contributed by atoms with Crippen molar-refractivity contribution in [2.75, 3.05) is 53.7 Å². The summed E-state index contributed by atoms with van der Waals surface area (Å²) in [6, 6.07) is 0. The van der Waals surface area contributed by atoms with E-state index in [1.54, 1.807) is 0 Å². The number of ketones is 2. The Hall–Kier alpha value is -3.24. The van der Waals surface area contributed by atoms with E-state index >= 15 is 0 Å². The van der Waals surface area contributed by atoms with E-state index in [1.807, 2.05) is 12.2 Å². The second-order valence-electron chi connectivity index (χ2n) is 14.1. The van der Waals surface area contributed by atoms with E-state index in [0.29, 0.717) is 18.8 Å². The van der Waals surface area contributed by atoms with Gasteiger partial charge in [0.05, 0.1) is 13.2 Å². The lowest BCUT2D eigenvalue weighted by Gasteiger charge is -2.31. The molecule has 0 spiro atoms. The van der Waals surface area contributed by atoms with Crippen molar-refractivity contribution in [1.82, 2.24) is 10.6 Å². The molecular formula is C37H58N2O8. The van der Waals surface area contributed by atoms with E-state index in [2.05, 4.69) is 45.3 Å². The summed E-state index contributed by atoms with van der Waals surface area (Å²) >= 11 is 0. The Labute approximate surface area is 281 Å². The van der Waals surface area contributed by atoms with Crippen molar-refractivity contribution in [2.45, 2.75) is 87.0 Å². The first-order chi connectivity index (χ1) is 22.2. The third kappa shape index (κ3) is 13.8. The predicted octanol–water partition coefficient (Wildman–Crippen LogP) is 5.39. The van der Waals surface area contributed by atoms with Crippen LogP contribution in [0.5, 0.6) is 0 Å². The smallest absolute Gasteiger partial charge is 0.342 e. The Kier molecular flexibility index (Phi) is 16.6. The maximum absolute atomic E-state index is 12.7. The first kappa shape index (κ1) is 39.9. The highest BCUT2D eigenvalue weighted by molar-refractivity contribution is 6.18. The maximum atomic E-state index is 12.7. The molecule has 2 rings (SSSR count). The van der Waals surface area contributed by atoms with Crippen molar-refractivity contribution in [3.05, 3.63) is 45.8 Å². The van der Waals surface area contributed by atoms with Gasteiger partial charge in [0.1, 0.15) is 24.4 Å². The lowest BCUT2D eigenvalue weighted by Crippen LogP contribution is -2.30. The number of carbonyl (C=O) groups excluding carboxylic acids is 4. The van der Waals surface area contributed by atoms with Crippen molar-refractivity contribution >= 4 is 23.5 Å². The standard InChI is InChI=1S/C37H58N2O8/c1-24-16-29(33(27(4)40)35(42)46-14-12-44-8)20-31(18-24)38-11-10-37(6,7)22-26(3)23-39-32-19-25(2)17-30(21-32)34(28(5)41)36(43)47-15-13-45-9/h20-21,24-26,38-39H,10-19,22-23H2,1-9H3/b33-29+,34-30+. The van der Waals surface area contributed by atoms with Gasteiger partial charge >= 0.3 is 11.9 Å². The summed E-state index contributed by atoms with van der Waals surface area (Å²) in [7, 11) is 3.07. The van der Waals surface area contributed by atoms with E-state index in [-0.39, 0.29) is 66.4 Å². The fourth-order valence-electron chi connectivity index (χ4n) is 6.46. The number of Topliss-reactive ketones (excluding diaryl/α,β-unsaturated/α-hetero) is 2. The Morgan fingerprint density at radius 3 is 1.64 bits per heavy atom. The van der Waals surface area contributed by atoms with Gasteiger partial charge in [0.2, 0.25) is 0 Å². The zero-order valence-corrected chi connectivity index (χ0v) is 30.1. The molecule has 0 saturated heterocycles. The fraction of sp³-hybridized carbons (Fsp3) is 0.676. The number of allylic oxidation sites excluding steroid dienone is 6. The summed E-state index contributed by atoms with van der Waals surface area (Å²) in [4.78, 5) is 50.2. The number of hydrogen-bond acceptors (Lipinski definition) is 10. The Bertz CT molecular complexity index is 1240. The molecule has 47 heavy (non-hydrogen) atoms. The van der Waals surface area contributed by atoms with Crippen LogP contribution in [-0.2, 0) is 38.1 Å². The normalized spacial score (nSPS) is 21.1. The monoisotopic (exact) mass is 658 g/mol. The number of carbonyl (C=O) groups is 4. The molecule has 3 atom stereocenters. The van der Waals surface area contributed by atoms with Crippen molar-refractivity contribution < 1.29 is 38.1 Å². The molecule has 10 heteroatoms. The number of esters is 2. The van der Waals surface area contributed by atoms with E-state index < -0.39 is 11.9 Å². The van der Waals surface area contributed by atoms with Gasteiger partial charge in [0.15, 0.2) is 11.6 Å². The van der Waals surface area contributed by atoms with Gasteiger partial charge in [0, 0.05) is 38.7 Å². The molecule has 3 unspecified atom stereocenters. The molecule has 0 fully saturated rings. The second-order valence-corrected chi connectivity index (χ2v) is 14.1. The van der Waals surface area contributed by atoms with Crippen molar-refractivity contribution in [2.24, 2.45) is 23.2 Å². The summed E-state index contributed by atoms with van der Waals surface area (Å²) < 4.78 is 20.5. The van der Waals surface area contributed by atoms with Gasteiger partial charge < -0.3 is 29.6 Å². The lowest BCUT2D eigenvalue weighted by molar-refractivity contribution is -0.142. The molecule has 10 nitrogen and oxygen atoms in total. The first-order valence-corrected chi connectivity index (χ1v) is 16.9. The van der Waals surface area contributed by atoms with E-state index in [4.69, 9.17) is 18.9 Å². The average Bonchev–Trinajstić information content (AvgIpc) is 2.95. The van der Waals surface area contributed by atoms with Crippen LogP contribution in [0.25, 0.3) is 0 Å². The van der Waals surface area contributed by atoms with Gasteiger partial charge in [-0.1, -0.05) is 34.6 Å². The molecule has 264 valence electrons. The van der Waals surface area contributed by atoms with E-state index in [0.717, 1.165) is 61.3 Å². The van der Waals surface area contributed by atoms with Crippen LogP contribution < -0.4 is 10.6 Å². The van der Waals surface area contributed by atoms with Crippen LogP contribution in [0.15, 0.2) is 45.8 Å². The quantitative estimate of drug-likeness (QED) is 0.0613. The minimum absolute atomic E-state index is 0.0658. The Balaban J connectivity index is 2.00. The van der Waals surface area contributed by atoms with Gasteiger partial charge in [-0.25, -0.2) is 9.59 Å². The minimum atomic E-state index is -0.594. The van der Waals surface area contributed by atoms with Gasteiger partial charge in [-0.05, 0) is 98.8 Å². The summed E-state index contributed by atoms with van der Waals surface area (Å²) in [5.41, 5.74) is 3.82. The molecule has 2 aliphatic rings. The zero-order chi connectivity index (χ0) is 35.1. The molecule has 0 aromatic rings. The van der Waals surface area contributed by atoms with E-state index in [9.17, 15) is 19.2 Å². The molecule has 2 aliphatic carbocycles. The highest BCUT2D eigenvalue weighted by atomic mass is 16.6. The maximum Gasteiger partial charge on any atom is 0.342 e. The number of hydrogen-bond donors (Lipinski definition) is 2. The van der Waals surface area contributed by atoms with Crippen molar-refractivity contribution in [3.63, 3.8) is 0 Å². The van der Waals surface area contributed by atoms with Crippen LogP contribution in [0.1, 0.15) is 87.0 Å². The first-order valence-electron chi connectivity index (χ1n) is 16.9. The molecule has 2 N–H and O–H groups in total. The highest BCUT2D eigenvalue weighted by Crippen LogP contribution is 2.33. The number of ether oxygens (including phenoxy) is 4. The third-order valence-corrected chi connectivity index (χ3v) is 8.50. The van der Waals surface area contributed by atoms with E-state index in [1.165, 1.54) is 28.1 Å². The summed E-state index contributed by atoms with van der Waals surface area (Å²) in [5.74, 6) is -0.809. The summed E-state index contributed by atoms with van der Waals surface area (Å²) in [5, 5.41) is 7.17. The largest absolute Gasteiger partial charge is 0.460 e. The number of methoxy groups -OCH3 is 2. The highest BCUT2D eigenvalue weighted by Gasteiger charge is 2.28. The van der Waals surface area contributed by atoms with Crippen LogP contribution >= 0.6 is 0 Å². The van der Waals surface area contributed by atoms with Crippen molar-refractivity contribution in [3.8, 4) is 0 Å². The average molecular weight is 659 g/mol. The summed E-state index contributed by atoms with van der Waals surface area (Å²) in [6.45, 7) is 16.2. The van der Waals surface area contributed by atoms with Crippen LogP contribution in [0, 0.1) is 23.2 Å². The van der Waals surface area contributed by atoms with Crippen LogP contribution in [0.3, 0.4) is 0 Å². The Morgan fingerprint density at radius 2 is 1.21 bits per heavy atom. The van der Waals surface area contributed by atoms with Gasteiger partial charge in [0.25, 0.3) is 0 Å². The van der Waals surface area contributed by atoms with Crippen molar-refractivity contribution in [1.29, 1.82) is 0 Å². The van der Waals surface area contributed by atoms with Gasteiger partial charge in [-0.3, -0.25) is 9.59 Å². The number of rotatable bonds is 19. The van der Waals surface area contributed by atoms with Gasteiger partial charge in [-0.2, -0.15) is 0 Å². The topological polar surface area (TPSA) is 129 Å².